The van der Waals surface area contributed by atoms with Crippen LogP contribution in [-0.4, -0.2) is 46.7 Å². The molecule has 1 fully saturated rings. The van der Waals surface area contributed by atoms with E-state index in [4.69, 9.17) is 14.2 Å². The van der Waals surface area contributed by atoms with E-state index in [1.165, 1.54) is 22.3 Å². The van der Waals surface area contributed by atoms with Crippen molar-refractivity contribution >= 4 is 44.1 Å². The number of nitrogens with zero attached hydrogens (tertiary/aromatic N) is 2. The number of aliphatic hydroxyl groups is 1. The van der Waals surface area contributed by atoms with Gasteiger partial charge in [0, 0.05) is 12.0 Å². The number of ether oxygens (including phenoxy) is 3. The number of aromatic nitrogens is 1. The molecule has 0 radical (unpaired) electrons. The third kappa shape index (κ3) is 4.21. The zero-order valence-electron chi connectivity index (χ0n) is 22.0. The van der Waals surface area contributed by atoms with Crippen molar-refractivity contribution in [3.8, 4) is 23.0 Å². The Morgan fingerprint density at radius 1 is 1.15 bits per heavy atom. The molecule has 0 bridgehead atoms. The van der Waals surface area contributed by atoms with Gasteiger partial charge in [-0.2, -0.15) is 0 Å². The van der Waals surface area contributed by atoms with Gasteiger partial charge in [-0.3, -0.25) is 14.5 Å². The Morgan fingerprint density at radius 2 is 1.98 bits per heavy atom. The molecule has 2 atom stereocenters. The van der Waals surface area contributed by atoms with E-state index < -0.39 is 17.7 Å². The molecule has 10 heteroatoms. The first-order chi connectivity index (χ1) is 19.3. The second kappa shape index (κ2) is 9.87. The summed E-state index contributed by atoms with van der Waals surface area (Å²) in [6.45, 7) is 4.04. The van der Waals surface area contributed by atoms with Gasteiger partial charge in [0.15, 0.2) is 16.6 Å². The molecule has 1 aromatic heterocycles. The third-order valence-electron chi connectivity index (χ3n) is 7.00. The number of thiazole rings is 1. The summed E-state index contributed by atoms with van der Waals surface area (Å²) in [5, 5.41) is 22.2. The van der Waals surface area contributed by atoms with E-state index in [0.717, 1.165) is 16.0 Å². The molecule has 3 heterocycles. The first-order valence-corrected chi connectivity index (χ1v) is 13.6. The second-order valence-electron chi connectivity index (χ2n) is 9.61. The Bertz CT molecular complexity index is 1710. The van der Waals surface area contributed by atoms with E-state index in [1.54, 1.807) is 56.5 Å². The number of anilines is 1. The number of rotatable bonds is 6. The zero-order chi connectivity index (χ0) is 28.1. The Morgan fingerprint density at radius 3 is 2.75 bits per heavy atom. The highest BCUT2D eigenvalue weighted by atomic mass is 32.1. The average molecular weight is 559 g/mol. The number of fused-ring (bicyclic) bond motifs is 2. The molecule has 1 amide bonds. The SMILES string of the molecule is CCOc1cc([C@H]2/C(=C(\O)c3ccc4c(c3)C[C@H](C)O4)C(=O)C(=O)N2c2nc3ccc(OC)cc3s2)ccc1O. The van der Waals surface area contributed by atoms with E-state index in [2.05, 4.69) is 4.98 Å². The molecule has 0 unspecified atom stereocenters. The fourth-order valence-corrected chi connectivity index (χ4v) is 6.19. The monoisotopic (exact) mass is 558 g/mol. The lowest BCUT2D eigenvalue weighted by atomic mass is 9.94. The predicted octanol–water partition coefficient (Wildman–Crippen LogP) is 5.36. The Kier molecular flexibility index (Phi) is 6.34. The number of hydrogen-bond donors (Lipinski definition) is 2. The highest BCUT2D eigenvalue weighted by molar-refractivity contribution is 7.22. The number of benzene rings is 3. The molecule has 2 aliphatic rings. The van der Waals surface area contributed by atoms with E-state index in [0.29, 0.717) is 35.4 Å². The highest BCUT2D eigenvalue weighted by Crippen LogP contribution is 2.46. The summed E-state index contributed by atoms with van der Waals surface area (Å²) in [5.74, 6) is -0.480. The van der Waals surface area contributed by atoms with Gasteiger partial charge >= 0.3 is 5.91 Å². The molecule has 2 N–H and O–H groups in total. The van der Waals surface area contributed by atoms with E-state index in [9.17, 15) is 19.8 Å². The molecule has 6 rings (SSSR count). The zero-order valence-corrected chi connectivity index (χ0v) is 22.8. The van der Waals surface area contributed by atoms with Crippen LogP contribution in [0.3, 0.4) is 0 Å². The smallest absolute Gasteiger partial charge is 0.301 e. The van der Waals surface area contributed by atoms with Crippen molar-refractivity contribution in [2.75, 3.05) is 18.6 Å². The van der Waals surface area contributed by atoms with Crippen molar-refractivity contribution in [3.63, 3.8) is 0 Å². The molecule has 40 heavy (non-hydrogen) atoms. The van der Waals surface area contributed by atoms with Gasteiger partial charge in [-0.25, -0.2) is 4.98 Å². The molecule has 3 aromatic carbocycles. The van der Waals surface area contributed by atoms with E-state index in [-0.39, 0.29) is 34.1 Å². The number of carbonyl (C=O) groups excluding carboxylic acids is 2. The van der Waals surface area contributed by atoms with Gasteiger partial charge in [0.1, 0.15) is 23.4 Å². The van der Waals surface area contributed by atoms with Crippen molar-refractivity contribution in [3.05, 3.63) is 76.9 Å². The standard InChI is InChI=1S/C30H26N2O7S/c1-4-38-23-13-16(5-9-21(23)33)26-25(27(34)17-6-10-22-18(12-17)11-15(2)39-22)28(35)29(36)32(26)30-31-20-8-7-19(37-3)14-24(20)40-30/h5-10,12-15,26,33-34H,4,11H2,1-3H3/b27-25+/t15-,26-/m0/s1. The Hall–Kier alpha value is -4.57. The van der Waals surface area contributed by atoms with Crippen LogP contribution in [-0.2, 0) is 16.0 Å². The summed E-state index contributed by atoms with van der Waals surface area (Å²) >= 11 is 1.23. The number of methoxy groups -OCH3 is 1. The maximum absolute atomic E-state index is 13.6. The fraction of sp³-hybridized carbons (Fsp3) is 0.233. The van der Waals surface area contributed by atoms with E-state index in [1.807, 2.05) is 13.0 Å². The van der Waals surface area contributed by atoms with Gasteiger partial charge in [-0.1, -0.05) is 17.4 Å². The lowest BCUT2D eigenvalue weighted by Gasteiger charge is -2.23. The molecule has 1 saturated heterocycles. The number of amides is 1. The summed E-state index contributed by atoms with van der Waals surface area (Å²) in [5.41, 5.74) is 2.33. The van der Waals surface area contributed by atoms with E-state index >= 15 is 0 Å². The van der Waals surface area contributed by atoms with Gasteiger partial charge in [0.05, 0.1) is 35.5 Å². The van der Waals surface area contributed by atoms with Crippen LogP contribution in [0.4, 0.5) is 5.13 Å². The second-order valence-corrected chi connectivity index (χ2v) is 10.6. The van der Waals surface area contributed by atoms with Crippen LogP contribution in [0.15, 0.2) is 60.2 Å². The van der Waals surface area contributed by atoms with Gasteiger partial charge in [-0.05, 0) is 73.5 Å². The number of aliphatic hydroxyl groups excluding tert-OH is 1. The summed E-state index contributed by atoms with van der Waals surface area (Å²) in [6.07, 6.45) is 0.670. The van der Waals surface area contributed by atoms with Gasteiger partial charge in [-0.15, -0.1) is 0 Å². The van der Waals surface area contributed by atoms with Crippen molar-refractivity contribution in [1.29, 1.82) is 0 Å². The molecule has 0 aliphatic carbocycles. The van der Waals surface area contributed by atoms with Crippen LogP contribution in [0.25, 0.3) is 16.0 Å². The molecule has 2 aliphatic heterocycles. The minimum absolute atomic E-state index is 0.00428. The lowest BCUT2D eigenvalue weighted by Crippen LogP contribution is -2.29. The maximum atomic E-state index is 13.6. The van der Waals surface area contributed by atoms with Crippen LogP contribution in [0.5, 0.6) is 23.0 Å². The van der Waals surface area contributed by atoms with Crippen LogP contribution in [0, 0.1) is 0 Å². The molecule has 4 aromatic rings. The number of Topliss-reactive ketones (excluding diaryl/α,β-unsaturated/α-hetero) is 1. The van der Waals surface area contributed by atoms with Crippen molar-refractivity contribution in [2.45, 2.75) is 32.4 Å². The van der Waals surface area contributed by atoms with Crippen LogP contribution < -0.4 is 19.1 Å². The summed E-state index contributed by atoms with van der Waals surface area (Å²) in [6, 6.07) is 14.2. The lowest BCUT2D eigenvalue weighted by molar-refractivity contribution is -0.132. The van der Waals surface area contributed by atoms with Crippen LogP contribution in [0.1, 0.15) is 36.6 Å². The molecular weight excluding hydrogens is 532 g/mol. The molecule has 204 valence electrons. The minimum Gasteiger partial charge on any atom is -0.507 e. The van der Waals surface area contributed by atoms with Crippen molar-refractivity contribution in [1.82, 2.24) is 4.98 Å². The van der Waals surface area contributed by atoms with Gasteiger partial charge in [0.2, 0.25) is 0 Å². The number of phenolic OH excluding ortho intramolecular Hbond substituents is 1. The van der Waals surface area contributed by atoms with Crippen molar-refractivity contribution < 1.29 is 34.0 Å². The third-order valence-corrected chi connectivity index (χ3v) is 8.02. The summed E-state index contributed by atoms with van der Waals surface area (Å²) in [7, 11) is 1.56. The van der Waals surface area contributed by atoms with Crippen molar-refractivity contribution in [2.24, 2.45) is 0 Å². The number of phenols is 1. The van der Waals surface area contributed by atoms with Crippen LogP contribution >= 0.6 is 11.3 Å². The first kappa shape index (κ1) is 25.7. The first-order valence-electron chi connectivity index (χ1n) is 12.8. The fourth-order valence-electron chi connectivity index (χ4n) is 5.16. The predicted molar refractivity (Wildman–Crippen MR) is 150 cm³/mol. The normalized spacial score (nSPS) is 19.6. The Balaban J connectivity index is 1.54. The largest absolute Gasteiger partial charge is 0.507 e. The molecule has 9 nitrogen and oxygen atoms in total. The maximum Gasteiger partial charge on any atom is 0.301 e. The topological polar surface area (TPSA) is 118 Å². The van der Waals surface area contributed by atoms with Gasteiger partial charge < -0.3 is 24.4 Å². The number of carbonyl (C=O) groups is 2. The molecule has 0 saturated carbocycles. The number of hydrogen-bond acceptors (Lipinski definition) is 9. The van der Waals surface area contributed by atoms with Gasteiger partial charge in [0.25, 0.3) is 5.78 Å². The number of ketones is 1. The number of aromatic hydroxyl groups is 1. The molecule has 0 spiro atoms. The quantitative estimate of drug-likeness (QED) is 0.185. The van der Waals surface area contributed by atoms with Crippen LogP contribution in [0.2, 0.25) is 0 Å². The minimum atomic E-state index is -1.02. The summed E-state index contributed by atoms with van der Waals surface area (Å²) < 4.78 is 17.5. The highest BCUT2D eigenvalue weighted by Gasteiger charge is 2.48. The average Bonchev–Trinajstić information content (AvgIpc) is 3.61. The summed E-state index contributed by atoms with van der Waals surface area (Å²) in [4.78, 5) is 33.2. The molecular formula is C30H26N2O7S. The Labute approximate surface area is 233 Å².